The third-order valence-corrected chi connectivity index (χ3v) is 2.44. The van der Waals surface area contributed by atoms with Gasteiger partial charge in [-0.15, -0.1) is 6.42 Å². The number of aromatic nitrogens is 2. The summed E-state index contributed by atoms with van der Waals surface area (Å²) in [5.41, 5.74) is 3.85. The number of nitrogens with zero attached hydrogens (tertiary/aromatic N) is 2. The van der Waals surface area contributed by atoms with Crippen molar-refractivity contribution in [2.45, 2.75) is 13.8 Å². The molecule has 0 atom stereocenters. The minimum Gasteiger partial charge on any atom is -0.237 e. The molecule has 74 valence electrons. The molecular formula is C13H12N2. The molecule has 0 amide bonds. The van der Waals surface area contributed by atoms with Gasteiger partial charge < -0.3 is 0 Å². The maximum atomic E-state index is 5.44. The molecule has 0 fully saturated rings. The van der Waals surface area contributed by atoms with Crippen LogP contribution in [0.1, 0.15) is 17.0 Å². The van der Waals surface area contributed by atoms with Crippen molar-refractivity contribution < 1.29 is 0 Å². The van der Waals surface area contributed by atoms with Crippen molar-refractivity contribution in [3.8, 4) is 18.0 Å². The van der Waals surface area contributed by atoms with E-state index in [1.54, 1.807) is 0 Å². The molecule has 0 saturated carbocycles. The Morgan fingerprint density at radius 3 is 2.40 bits per heavy atom. The average Bonchev–Trinajstić information content (AvgIpc) is 2.55. The SMILES string of the molecule is C#Cc1c(C)nn(-c2ccccc2)c1C. The molecule has 0 spiro atoms. The first-order valence-electron chi connectivity index (χ1n) is 4.82. The molecule has 1 aromatic heterocycles. The molecule has 0 aliphatic heterocycles. The molecule has 2 nitrogen and oxygen atoms in total. The minimum atomic E-state index is 0.888. The molecule has 0 aliphatic carbocycles. The molecule has 0 aliphatic rings. The fourth-order valence-corrected chi connectivity index (χ4v) is 1.67. The van der Waals surface area contributed by atoms with Crippen LogP contribution in [0.25, 0.3) is 5.69 Å². The molecule has 2 heteroatoms. The van der Waals surface area contributed by atoms with E-state index < -0.39 is 0 Å². The zero-order chi connectivity index (χ0) is 10.8. The van der Waals surface area contributed by atoms with E-state index in [-0.39, 0.29) is 0 Å². The number of benzene rings is 1. The topological polar surface area (TPSA) is 17.8 Å². The molecule has 2 rings (SSSR count). The molecule has 0 radical (unpaired) electrons. The van der Waals surface area contributed by atoms with Crippen LogP contribution in [0.2, 0.25) is 0 Å². The highest BCUT2D eigenvalue weighted by Gasteiger charge is 2.09. The van der Waals surface area contributed by atoms with Gasteiger partial charge in [-0.3, -0.25) is 0 Å². The number of para-hydroxylation sites is 1. The summed E-state index contributed by atoms with van der Waals surface area (Å²) < 4.78 is 1.88. The normalized spacial score (nSPS) is 9.93. The van der Waals surface area contributed by atoms with Crippen molar-refractivity contribution in [1.29, 1.82) is 0 Å². The molecular weight excluding hydrogens is 184 g/mol. The van der Waals surface area contributed by atoms with Gasteiger partial charge in [0, 0.05) is 0 Å². The second kappa shape index (κ2) is 3.62. The summed E-state index contributed by atoms with van der Waals surface area (Å²) in [7, 11) is 0. The minimum absolute atomic E-state index is 0.888. The van der Waals surface area contributed by atoms with Gasteiger partial charge >= 0.3 is 0 Å². The number of hydrogen-bond donors (Lipinski definition) is 0. The first-order chi connectivity index (χ1) is 7.24. The Morgan fingerprint density at radius 2 is 1.87 bits per heavy atom. The van der Waals surface area contributed by atoms with Gasteiger partial charge in [-0.2, -0.15) is 5.10 Å². The lowest BCUT2D eigenvalue weighted by Gasteiger charge is -2.02. The van der Waals surface area contributed by atoms with Crippen LogP contribution in [0.4, 0.5) is 0 Å². The van der Waals surface area contributed by atoms with E-state index >= 15 is 0 Å². The number of terminal acetylenes is 1. The van der Waals surface area contributed by atoms with Crippen LogP contribution in [-0.4, -0.2) is 9.78 Å². The second-order valence-corrected chi connectivity index (χ2v) is 3.44. The van der Waals surface area contributed by atoms with E-state index in [0.717, 1.165) is 22.6 Å². The standard InChI is InChI=1S/C13H12N2/c1-4-13-10(2)14-15(11(13)3)12-8-6-5-7-9-12/h1,5-9H,2-3H3. The van der Waals surface area contributed by atoms with Crippen LogP contribution in [-0.2, 0) is 0 Å². The van der Waals surface area contributed by atoms with Crippen molar-refractivity contribution in [3.63, 3.8) is 0 Å². The van der Waals surface area contributed by atoms with Crippen LogP contribution in [0, 0.1) is 26.2 Å². The molecule has 15 heavy (non-hydrogen) atoms. The quantitative estimate of drug-likeness (QED) is 0.641. The van der Waals surface area contributed by atoms with E-state index in [4.69, 9.17) is 6.42 Å². The zero-order valence-corrected chi connectivity index (χ0v) is 8.86. The van der Waals surface area contributed by atoms with Crippen molar-refractivity contribution in [3.05, 3.63) is 47.3 Å². The van der Waals surface area contributed by atoms with Gasteiger partial charge in [0.05, 0.1) is 22.6 Å². The predicted molar refractivity (Wildman–Crippen MR) is 61.0 cm³/mol. The monoisotopic (exact) mass is 196 g/mol. The zero-order valence-electron chi connectivity index (χ0n) is 8.86. The maximum Gasteiger partial charge on any atom is 0.0757 e. The van der Waals surface area contributed by atoms with Gasteiger partial charge in [0.15, 0.2) is 0 Å². The van der Waals surface area contributed by atoms with Gasteiger partial charge in [-0.05, 0) is 26.0 Å². The summed E-state index contributed by atoms with van der Waals surface area (Å²) in [6, 6.07) is 9.99. The van der Waals surface area contributed by atoms with Gasteiger partial charge in [-0.25, -0.2) is 4.68 Å². The van der Waals surface area contributed by atoms with E-state index in [1.165, 1.54) is 0 Å². The second-order valence-electron chi connectivity index (χ2n) is 3.44. The molecule has 0 saturated heterocycles. The Labute approximate surface area is 89.6 Å². The Balaban J connectivity index is 2.62. The maximum absolute atomic E-state index is 5.44. The summed E-state index contributed by atoms with van der Waals surface area (Å²) in [4.78, 5) is 0. The average molecular weight is 196 g/mol. The molecule has 1 heterocycles. The van der Waals surface area contributed by atoms with E-state index in [2.05, 4.69) is 11.0 Å². The summed E-state index contributed by atoms with van der Waals surface area (Å²) in [5.74, 6) is 2.67. The number of hydrogen-bond acceptors (Lipinski definition) is 1. The summed E-state index contributed by atoms with van der Waals surface area (Å²) in [6.07, 6.45) is 5.44. The summed E-state index contributed by atoms with van der Waals surface area (Å²) >= 11 is 0. The summed E-state index contributed by atoms with van der Waals surface area (Å²) in [5, 5.41) is 4.43. The lowest BCUT2D eigenvalue weighted by Crippen LogP contribution is -1.98. The lowest BCUT2D eigenvalue weighted by molar-refractivity contribution is 0.833. The first-order valence-corrected chi connectivity index (χ1v) is 4.82. The Bertz CT molecular complexity index is 515. The third-order valence-electron chi connectivity index (χ3n) is 2.44. The highest BCUT2D eigenvalue weighted by Crippen LogP contribution is 2.16. The third kappa shape index (κ3) is 1.53. The molecule has 0 N–H and O–H groups in total. The molecule has 0 unspecified atom stereocenters. The lowest BCUT2D eigenvalue weighted by atomic mass is 10.2. The Hall–Kier alpha value is -2.01. The van der Waals surface area contributed by atoms with Crippen LogP contribution in [0.15, 0.2) is 30.3 Å². The fourth-order valence-electron chi connectivity index (χ4n) is 1.67. The Kier molecular flexibility index (Phi) is 2.31. The molecule has 1 aromatic carbocycles. The van der Waals surface area contributed by atoms with Crippen molar-refractivity contribution >= 4 is 0 Å². The predicted octanol–water partition coefficient (Wildman–Crippen LogP) is 2.47. The number of aryl methyl sites for hydroxylation is 1. The highest BCUT2D eigenvalue weighted by molar-refractivity contribution is 5.44. The highest BCUT2D eigenvalue weighted by atomic mass is 15.3. The largest absolute Gasteiger partial charge is 0.237 e. The van der Waals surface area contributed by atoms with E-state index in [0.29, 0.717) is 0 Å². The van der Waals surface area contributed by atoms with Gasteiger partial charge in [0.2, 0.25) is 0 Å². The van der Waals surface area contributed by atoms with E-state index in [1.807, 2.05) is 48.9 Å². The van der Waals surface area contributed by atoms with E-state index in [9.17, 15) is 0 Å². The Morgan fingerprint density at radius 1 is 1.20 bits per heavy atom. The van der Waals surface area contributed by atoms with Gasteiger partial charge in [-0.1, -0.05) is 24.1 Å². The first kappa shape index (κ1) is 9.54. The van der Waals surface area contributed by atoms with Gasteiger partial charge in [0.1, 0.15) is 0 Å². The summed E-state index contributed by atoms with van der Waals surface area (Å²) in [6.45, 7) is 3.92. The van der Waals surface area contributed by atoms with Crippen LogP contribution in [0.3, 0.4) is 0 Å². The fraction of sp³-hybridized carbons (Fsp3) is 0.154. The van der Waals surface area contributed by atoms with Crippen LogP contribution < -0.4 is 0 Å². The molecule has 2 aromatic rings. The van der Waals surface area contributed by atoms with Crippen LogP contribution >= 0.6 is 0 Å². The van der Waals surface area contributed by atoms with Crippen molar-refractivity contribution in [1.82, 2.24) is 9.78 Å². The van der Waals surface area contributed by atoms with Gasteiger partial charge in [0.25, 0.3) is 0 Å². The smallest absolute Gasteiger partial charge is 0.0757 e. The van der Waals surface area contributed by atoms with Crippen LogP contribution in [0.5, 0.6) is 0 Å². The number of rotatable bonds is 1. The van der Waals surface area contributed by atoms with Crippen molar-refractivity contribution in [2.24, 2.45) is 0 Å². The molecule has 0 bridgehead atoms. The van der Waals surface area contributed by atoms with Crippen molar-refractivity contribution in [2.75, 3.05) is 0 Å².